The zero-order chi connectivity index (χ0) is 23.7. The maximum Gasteiger partial charge on any atom is 0.407 e. The molecule has 1 aromatic rings. The Hall–Kier alpha value is -2.82. The highest BCUT2D eigenvalue weighted by atomic mass is 16.6. The number of nitrogens with two attached hydrogens (primary N) is 1. The average molecular weight is 445 g/mol. The molecule has 0 atom stereocenters. The lowest BCUT2D eigenvalue weighted by atomic mass is 10.1. The maximum atomic E-state index is 11.5. The monoisotopic (exact) mass is 444 g/mol. The second-order valence-electron chi connectivity index (χ2n) is 8.89. The Morgan fingerprint density at radius 2 is 1.59 bits per heavy atom. The number of unbranched alkanes of at least 4 members (excludes halogenated alkanes) is 9. The molecule has 1 amide bonds. The number of rotatable bonds is 14. The third-order valence-corrected chi connectivity index (χ3v) is 4.78. The molecule has 0 saturated heterocycles. The molecule has 0 unspecified atom stereocenters. The SMILES string of the molecule is CC(C)(C)OC(=O)NCCCCCCCCCCCCN(C#N)C(N)=Nc1ccncc1. The van der Waals surface area contributed by atoms with E-state index < -0.39 is 5.60 Å². The number of hydrogen-bond donors (Lipinski definition) is 2. The summed E-state index contributed by atoms with van der Waals surface area (Å²) in [6.45, 7) is 6.86. The molecule has 32 heavy (non-hydrogen) atoms. The molecule has 0 radical (unpaired) electrons. The van der Waals surface area contributed by atoms with Gasteiger partial charge in [-0.25, -0.2) is 14.7 Å². The van der Waals surface area contributed by atoms with Gasteiger partial charge in [-0.05, 0) is 45.7 Å². The van der Waals surface area contributed by atoms with Crippen LogP contribution < -0.4 is 11.1 Å². The van der Waals surface area contributed by atoms with Crippen molar-refractivity contribution in [2.24, 2.45) is 10.7 Å². The lowest BCUT2D eigenvalue weighted by molar-refractivity contribution is 0.0527. The zero-order valence-corrected chi connectivity index (χ0v) is 20.0. The lowest BCUT2D eigenvalue weighted by Crippen LogP contribution is -2.34. The number of nitriles is 1. The number of nitrogens with one attached hydrogen (secondary N) is 1. The molecule has 8 nitrogen and oxygen atoms in total. The van der Waals surface area contributed by atoms with Gasteiger partial charge in [0.25, 0.3) is 0 Å². The van der Waals surface area contributed by atoms with Gasteiger partial charge in [-0.3, -0.25) is 4.98 Å². The summed E-state index contributed by atoms with van der Waals surface area (Å²) in [4.78, 5) is 21.2. The molecular weight excluding hydrogens is 404 g/mol. The van der Waals surface area contributed by atoms with Crippen LogP contribution in [-0.4, -0.2) is 40.6 Å². The highest BCUT2D eigenvalue weighted by Crippen LogP contribution is 2.12. The first-order valence-corrected chi connectivity index (χ1v) is 11.7. The van der Waals surface area contributed by atoms with Crippen LogP contribution in [0, 0.1) is 11.5 Å². The molecular formula is C24H40N6O2. The van der Waals surface area contributed by atoms with E-state index in [1.165, 1.54) is 43.4 Å². The van der Waals surface area contributed by atoms with Crippen LogP contribution >= 0.6 is 0 Å². The number of carbonyl (C=O) groups is 1. The Labute approximate surface area is 193 Å². The second-order valence-corrected chi connectivity index (χ2v) is 8.89. The fourth-order valence-corrected chi connectivity index (χ4v) is 3.14. The summed E-state index contributed by atoms with van der Waals surface area (Å²) < 4.78 is 5.21. The minimum Gasteiger partial charge on any atom is -0.444 e. The van der Waals surface area contributed by atoms with Crippen LogP contribution in [0.25, 0.3) is 0 Å². The molecule has 0 spiro atoms. The number of alkyl carbamates (subject to hydrolysis) is 1. The second kappa shape index (κ2) is 15.9. The van der Waals surface area contributed by atoms with Gasteiger partial charge in [-0.2, -0.15) is 5.26 Å². The molecule has 0 bridgehead atoms. The van der Waals surface area contributed by atoms with Gasteiger partial charge in [0, 0.05) is 25.5 Å². The molecule has 0 aliphatic carbocycles. The van der Waals surface area contributed by atoms with E-state index in [1.54, 1.807) is 24.5 Å². The molecule has 178 valence electrons. The largest absolute Gasteiger partial charge is 0.444 e. The number of carbonyl (C=O) groups excluding carboxylic acids is 1. The van der Waals surface area contributed by atoms with Crippen LogP contribution in [0.15, 0.2) is 29.5 Å². The minimum atomic E-state index is -0.443. The third kappa shape index (κ3) is 14.2. The summed E-state index contributed by atoms with van der Waals surface area (Å²) >= 11 is 0. The Bertz CT molecular complexity index is 709. The van der Waals surface area contributed by atoms with Crippen LogP contribution in [0.5, 0.6) is 0 Å². The molecule has 3 N–H and O–H groups in total. The van der Waals surface area contributed by atoms with Crippen LogP contribution in [0.4, 0.5) is 10.5 Å². The van der Waals surface area contributed by atoms with Crippen LogP contribution in [0.2, 0.25) is 0 Å². The average Bonchev–Trinajstić information content (AvgIpc) is 2.73. The number of pyridine rings is 1. The molecule has 1 aromatic heterocycles. The van der Waals surface area contributed by atoms with Gasteiger partial charge in [-0.1, -0.05) is 51.4 Å². The normalized spacial score (nSPS) is 11.6. The van der Waals surface area contributed by atoms with E-state index in [-0.39, 0.29) is 12.1 Å². The third-order valence-electron chi connectivity index (χ3n) is 4.78. The Balaban J connectivity index is 1.97. The fraction of sp³-hybridized carbons (Fsp3) is 0.667. The number of aromatic nitrogens is 1. The van der Waals surface area contributed by atoms with Gasteiger partial charge in [0.1, 0.15) is 5.60 Å². The molecule has 0 aliphatic heterocycles. The predicted octanol–water partition coefficient (Wildman–Crippen LogP) is 5.24. The van der Waals surface area contributed by atoms with Gasteiger partial charge in [-0.15, -0.1) is 0 Å². The van der Waals surface area contributed by atoms with Gasteiger partial charge in [0.05, 0.1) is 5.69 Å². The number of nitrogens with zero attached hydrogens (tertiary/aromatic N) is 4. The van der Waals surface area contributed by atoms with E-state index in [9.17, 15) is 10.1 Å². The first-order valence-electron chi connectivity index (χ1n) is 11.7. The molecule has 1 heterocycles. The Kier molecular flexibility index (Phi) is 13.5. The molecule has 1 rings (SSSR count). The van der Waals surface area contributed by atoms with Crippen molar-refractivity contribution in [2.45, 2.75) is 90.6 Å². The lowest BCUT2D eigenvalue weighted by Gasteiger charge is -2.19. The van der Waals surface area contributed by atoms with Crippen LogP contribution in [-0.2, 0) is 4.74 Å². The summed E-state index contributed by atoms with van der Waals surface area (Å²) in [5.74, 6) is 0.222. The van der Waals surface area contributed by atoms with E-state index in [1.807, 2.05) is 20.8 Å². The fourth-order valence-electron chi connectivity index (χ4n) is 3.14. The van der Waals surface area contributed by atoms with Crippen molar-refractivity contribution in [1.29, 1.82) is 5.26 Å². The molecule has 0 saturated carbocycles. The van der Waals surface area contributed by atoms with E-state index in [0.717, 1.165) is 25.7 Å². The van der Waals surface area contributed by atoms with Gasteiger partial charge >= 0.3 is 6.09 Å². The summed E-state index contributed by atoms with van der Waals surface area (Å²) in [6, 6.07) is 3.51. The van der Waals surface area contributed by atoms with Gasteiger partial charge < -0.3 is 15.8 Å². The molecule has 0 fully saturated rings. The first kappa shape index (κ1) is 27.2. The highest BCUT2D eigenvalue weighted by molar-refractivity contribution is 5.82. The zero-order valence-electron chi connectivity index (χ0n) is 20.0. The Morgan fingerprint density at radius 1 is 1.06 bits per heavy atom. The van der Waals surface area contributed by atoms with Crippen molar-refractivity contribution in [3.8, 4) is 6.19 Å². The summed E-state index contributed by atoms with van der Waals surface area (Å²) in [5, 5.41) is 12.1. The standard InChI is InChI=1S/C24H40N6O2/c1-24(2,3)32-23(31)28-16-12-10-8-6-4-5-7-9-11-13-19-30(20-25)22(26)29-21-14-17-27-18-15-21/h14-15,17-18H,4-13,16,19H2,1-3H3,(H,28,31)(H2,26,27,29). The van der Waals surface area contributed by atoms with Gasteiger partial charge in [0.15, 0.2) is 6.19 Å². The predicted molar refractivity (Wildman–Crippen MR) is 128 cm³/mol. The quantitative estimate of drug-likeness (QED) is 0.133. The van der Waals surface area contributed by atoms with Crippen molar-refractivity contribution < 1.29 is 9.53 Å². The van der Waals surface area contributed by atoms with E-state index >= 15 is 0 Å². The van der Waals surface area contributed by atoms with Crippen molar-refractivity contribution in [3.63, 3.8) is 0 Å². The van der Waals surface area contributed by atoms with E-state index in [4.69, 9.17) is 10.5 Å². The van der Waals surface area contributed by atoms with E-state index in [0.29, 0.717) is 18.8 Å². The van der Waals surface area contributed by atoms with Crippen molar-refractivity contribution >= 4 is 17.7 Å². The number of ether oxygens (including phenoxy) is 1. The van der Waals surface area contributed by atoms with Crippen molar-refractivity contribution in [3.05, 3.63) is 24.5 Å². The van der Waals surface area contributed by atoms with Crippen LogP contribution in [0.3, 0.4) is 0 Å². The summed E-state index contributed by atoms with van der Waals surface area (Å²) in [7, 11) is 0. The van der Waals surface area contributed by atoms with Crippen molar-refractivity contribution in [2.75, 3.05) is 13.1 Å². The van der Waals surface area contributed by atoms with Crippen LogP contribution in [0.1, 0.15) is 85.0 Å². The summed E-state index contributed by atoms with van der Waals surface area (Å²) in [5.41, 5.74) is 6.19. The van der Waals surface area contributed by atoms with E-state index in [2.05, 4.69) is 21.5 Å². The highest BCUT2D eigenvalue weighted by Gasteiger charge is 2.15. The Morgan fingerprint density at radius 3 is 2.12 bits per heavy atom. The number of hydrogen-bond acceptors (Lipinski definition) is 5. The maximum absolute atomic E-state index is 11.5. The topological polar surface area (TPSA) is 117 Å². The minimum absolute atomic E-state index is 0.222. The molecule has 8 heteroatoms. The molecule has 0 aromatic carbocycles. The van der Waals surface area contributed by atoms with Gasteiger partial charge in [0.2, 0.25) is 5.96 Å². The first-order chi connectivity index (χ1) is 15.3. The van der Waals surface area contributed by atoms with Crippen molar-refractivity contribution in [1.82, 2.24) is 15.2 Å². The smallest absolute Gasteiger partial charge is 0.407 e. The number of aliphatic imine (C=N–C) groups is 1. The number of guanidine groups is 1. The molecule has 0 aliphatic rings. The number of amides is 1. The summed E-state index contributed by atoms with van der Waals surface area (Å²) in [6.07, 6.45) is 16.5.